The molecule has 0 bridgehead atoms. The lowest BCUT2D eigenvalue weighted by Gasteiger charge is -2.04. The number of pyridine rings is 1. The summed E-state index contributed by atoms with van der Waals surface area (Å²) in [6, 6.07) is 8.72. The fraction of sp³-hybridized carbons (Fsp3) is 0.0769. The maximum atomic E-state index is 13.4. The molecule has 0 saturated heterocycles. The van der Waals surface area contributed by atoms with E-state index in [4.69, 9.17) is 5.26 Å². The molecule has 90 valence electrons. The van der Waals surface area contributed by atoms with Gasteiger partial charge in [0.2, 0.25) is 0 Å². The third-order valence-corrected chi connectivity index (χ3v) is 3.35. The Morgan fingerprint density at radius 3 is 2.89 bits per heavy atom. The number of nitriles is 1. The molecule has 0 spiro atoms. The van der Waals surface area contributed by atoms with Crippen LogP contribution < -0.4 is 0 Å². The van der Waals surface area contributed by atoms with Crippen molar-refractivity contribution >= 4 is 11.8 Å². The third kappa shape index (κ3) is 2.84. The van der Waals surface area contributed by atoms with E-state index >= 15 is 0 Å². The van der Waals surface area contributed by atoms with Crippen molar-refractivity contribution in [3.8, 4) is 6.07 Å². The number of hydrogen-bond donors (Lipinski definition) is 0. The van der Waals surface area contributed by atoms with Gasteiger partial charge in [-0.2, -0.15) is 5.26 Å². The van der Waals surface area contributed by atoms with E-state index in [0.717, 1.165) is 30.0 Å². The zero-order chi connectivity index (χ0) is 13.0. The normalized spacial score (nSPS) is 10.1. The minimum absolute atomic E-state index is 0.225. The Morgan fingerprint density at radius 1 is 1.28 bits per heavy atom. The molecule has 1 aromatic carbocycles. The Labute approximate surface area is 107 Å². The minimum Gasteiger partial charge on any atom is -0.245 e. The van der Waals surface area contributed by atoms with Gasteiger partial charge in [0.25, 0.3) is 0 Å². The number of hydrogen-bond acceptors (Lipinski definition) is 3. The first kappa shape index (κ1) is 12.5. The molecule has 2 nitrogen and oxygen atoms in total. The van der Waals surface area contributed by atoms with Crippen LogP contribution >= 0.6 is 11.8 Å². The van der Waals surface area contributed by atoms with E-state index in [-0.39, 0.29) is 4.90 Å². The molecule has 2 rings (SSSR count). The topological polar surface area (TPSA) is 36.7 Å². The summed E-state index contributed by atoms with van der Waals surface area (Å²) >= 11 is 1.14. The Balaban J connectivity index is 2.17. The molecule has 0 aliphatic rings. The molecule has 0 fully saturated rings. The number of rotatable bonds is 3. The molecule has 0 saturated carbocycles. The first-order valence-corrected chi connectivity index (χ1v) is 6.11. The lowest BCUT2D eigenvalue weighted by Crippen LogP contribution is -1.91. The number of halogens is 2. The lowest BCUT2D eigenvalue weighted by molar-refractivity contribution is 0.577. The average Bonchev–Trinajstić information content (AvgIpc) is 2.40. The smallest absolute Gasteiger partial charge is 0.144 e. The number of benzene rings is 1. The molecule has 1 heterocycles. The Hall–Kier alpha value is -1.93. The largest absolute Gasteiger partial charge is 0.245 e. The Morgan fingerprint density at radius 2 is 2.11 bits per heavy atom. The fourth-order valence-electron chi connectivity index (χ4n) is 1.40. The maximum absolute atomic E-state index is 13.4. The third-order valence-electron chi connectivity index (χ3n) is 2.27. The fourth-order valence-corrected chi connectivity index (χ4v) is 2.34. The molecule has 1 aromatic heterocycles. The quantitative estimate of drug-likeness (QED) is 0.794. The van der Waals surface area contributed by atoms with Crippen molar-refractivity contribution in [3.63, 3.8) is 0 Å². The number of aromatic nitrogens is 1. The van der Waals surface area contributed by atoms with Gasteiger partial charge in [0.1, 0.15) is 23.4 Å². The van der Waals surface area contributed by atoms with Gasteiger partial charge in [-0.25, -0.2) is 13.8 Å². The zero-order valence-electron chi connectivity index (χ0n) is 9.23. The van der Waals surface area contributed by atoms with E-state index in [0.29, 0.717) is 17.0 Å². The molecule has 0 aliphatic heterocycles. The van der Waals surface area contributed by atoms with Crippen molar-refractivity contribution in [1.29, 1.82) is 5.26 Å². The van der Waals surface area contributed by atoms with Gasteiger partial charge in [0.15, 0.2) is 0 Å². The van der Waals surface area contributed by atoms with Crippen LogP contribution in [0.4, 0.5) is 8.78 Å². The van der Waals surface area contributed by atoms with Crippen LogP contribution in [-0.2, 0) is 5.75 Å². The van der Waals surface area contributed by atoms with Gasteiger partial charge in [0.05, 0.1) is 0 Å². The first-order chi connectivity index (χ1) is 8.70. The second-order valence-corrected chi connectivity index (χ2v) is 4.50. The molecule has 0 N–H and O–H groups in total. The highest BCUT2D eigenvalue weighted by atomic mass is 32.2. The molecule has 0 amide bonds. The lowest BCUT2D eigenvalue weighted by atomic mass is 10.2. The monoisotopic (exact) mass is 262 g/mol. The average molecular weight is 262 g/mol. The van der Waals surface area contributed by atoms with Gasteiger partial charge in [-0.3, -0.25) is 0 Å². The van der Waals surface area contributed by atoms with Crippen molar-refractivity contribution in [2.24, 2.45) is 0 Å². The van der Waals surface area contributed by atoms with Crippen molar-refractivity contribution in [3.05, 3.63) is 59.4 Å². The summed E-state index contributed by atoms with van der Waals surface area (Å²) in [7, 11) is 0. The van der Waals surface area contributed by atoms with Crippen molar-refractivity contribution < 1.29 is 8.78 Å². The van der Waals surface area contributed by atoms with Crippen LogP contribution in [0.15, 0.2) is 41.4 Å². The molecular weight excluding hydrogens is 254 g/mol. The van der Waals surface area contributed by atoms with Gasteiger partial charge >= 0.3 is 0 Å². The summed E-state index contributed by atoms with van der Waals surface area (Å²) < 4.78 is 26.4. The molecule has 0 radical (unpaired) electrons. The van der Waals surface area contributed by atoms with Crippen LogP contribution in [0.2, 0.25) is 0 Å². The minimum atomic E-state index is -0.481. The summed E-state index contributed by atoms with van der Waals surface area (Å²) in [6.07, 6.45) is 1.52. The van der Waals surface area contributed by atoms with E-state index < -0.39 is 11.6 Å². The van der Waals surface area contributed by atoms with Crippen LogP contribution in [-0.4, -0.2) is 4.98 Å². The Kier molecular flexibility index (Phi) is 3.90. The predicted octanol–water partition coefficient (Wildman–Crippen LogP) is 3.52. The highest BCUT2D eigenvalue weighted by Crippen LogP contribution is 2.26. The van der Waals surface area contributed by atoms with Gasteiger partial charge in [-0.1, -0.05) is 6.07 Å². The van der Waals surface area contributed by atoms with Crippen LogP contribution in [0.5, 0.6) is 0 Å². The van der Waals surface area contributed by atoms with Gasteiger partial charge < -0.3 is 0 Å². The van der Waals surface area contributed by atoms with Gasteiger partial charge in [-0.15, -0.1) is 11.8 Å². The number of thioether (sulfide) groups is 1. The van der Waals surface area contributed by atoms with E-state index in [2.05, 4.69) is 4.98 Å². The second-order valence-electron chi connectivity index (χ2n) is 3.49. The van der Waals surface area contributed by atoms with Crippen molar-refractivity contribution in [1.82, 2.24) is 4.98 Å². The standard InChI is InChI=1S/C13H8F2N2S/c14-10-3-4-11(15)13(6-10)18-8-9-2-1-5-17-12(9)7-16/h1-6H,8H2. The van der Waals surface area contributed by atoms with E-state index in [1.54, 1.807) is 12.1 Å². The molecule has 18 heavy (non-hydrogen) atoms. The zero-order valence-corrected chi connectivity index (χ0v) is 10.0. The highest BCUT2D eigenvalue weighted by molar-refractivity contribution is 7.98. The molecule has 0 unspecified atom stereocenters. The van der Waals surface area contributed by atoms with E-state index in [9.17, 15) is 8.78 Å². The molecule has 0 aliphatic carbocycles. The second kappa shape index (κ2) is 5.61. The first-order valence-electron chi connectivity index (χ1n) is 5.12. The van der Waals surface area contributed by atoms with E-state index in [1.165, 1.54) is 6.20 Å². The van der Waals surface area contributed by atoms with E-state index in [1.807, 2.05) is 6.07 Å². The summed E-state index contributed by atoms with van der Waals surface area (Å²) in [5, 5.41) is 8.86. The Bertz CT molecular complexity index is 608. The summed E-state index contributed by atoms with van der Waals surface area (Å²) in [6.45, 7) is 0. The highest BCUT2D eigenvalue weighted by Gasteiger charge is 2.07. The van der Waals surface area contributed by atoms with Gasteiger partial charge in [0, 0.05) is 16.8 Å². The summed E-state index contributed by atoms with van der Waals surface area (Å²) in [4.78, 5) is 4.13. The summed E-state index contributed by atoms with van der Waals surface area (Å²) in [5.41, 5.74) is 1.01. The predicted molar refractivity (Wildman–Crippen MR) is 64.9 cm³/mol. The van der Waals surface area contributed by atoms with Crippen molar-refractivity contribution in [2.75, 3.05) is 0 Å². The van der Waals surface area contributed by atoms with Crippen LogP contribution in [0.1, 0.15) is 11.3 Å². The maximum Gasteiger partial charge on any atom is 0.144 e. The van der Waals surface area contributed by atoms with Gasteiger partial charge in [-0.05, 0) is 29.8 Å². The SMILES string of the molecule is N#Cc1ncccc1CSc1cc(F)ccc1F. The molecule has 5 heteroatoms. The van der Waals surface area contributed by atoms with Crippen LogP contribution in [0.25, 0.3) is 0 Å². The van der Waals surface area contributed by atoms with Crippen LogP contribution in [0.3, 0.4) is 0 Å². The van der Waals surface area contributed by atoms with Crippen LogP contribution in [0, 0.1) is 23.0 Å². The molecule has 2 aromatic rings. The molecule has 0 atom stereocenters. The van der Waals surface area contributed by atoms with Crippen molar-refractivity contribution in [2.45, 2.75) is 10.6 Å². The molecular formula is C13H8F2N2S. The number of nitrogens with zero attached hydrogens (tertiary/aromatic N) is 2. The summed E-state index contributed by atoms with van der Waals surface area (Å²) in [5.74, 6) is -0.578.